The zero-order valence-corrected chi connectivity index (χ0v) is 12.0. The van der Waals surface area contributed by atoms with Crippen LogP contribution in [0, 0.1) is 23.7 Å². The molecule has 3 fully saturated rings. The molecule has 1 aromatic carbocycles. The van der Waals surface area contributed by atoms with E-state index >= 15 is 0 Å². The third-order valence-electron chi connectivity index (χ3n) is 5.76. The van der Waals surface area contributed by atoms with Crippen LogP contribution in [0.2, 0.25) is 5.02 Å². The lowest BCUT2D eigenvalue weighted by Gasteiger charge is -2.11. The zero-order valence-electron chi connectivity index (χ0n) is 11.3. The van der Waals surface area contributed by atoms with Crippen molar-refractivity contribution in [3.63, 3.8) is 0 Å². The normalized spacial score (nSPS) is 39.1. The summed E-state index contributed by atoms with van der Waals surface area (Å²) in [6, 6.07) is 4.80. The van der Waals surface area contributed by atoms with Crippen LogP contribution in [-0.2, 0) is 6.54 Å². The van der Waals surface area contributed by atoms with Crippen molar-refractivity contribution < 1.29 is 9.47 Å². The molecule has 2 bridgehead atoms. The van der Waals surface area contributed by atoms with E-state index in [1.807, 2.05) is 12.1 Å². The first-order chi connectivity index (χ1) is 9.81. The summed E-state index contributed by atoms with van der Waals surface area (Å²) in [7, 11) is 0. The highest BCUT2D eigenvalue weighted by molar-refractivity contribution is 6.32. The highest BCUT2D eigenvalue weighted by Crippen LogP contribution is 2.65. The van der Waals surface area contributed by atoms with Crippen molar-refractivity contribution in [2.75, 3.05) is 6.79 Å². The van der Waals surface area contributed by atoms with E-state index in [4.69, 9.17) is 21.1 Å². The molecule has 0 spiro atoms. The van der Waals surface area contributed by atoms with Gasteiger partial charge in [-0.15, -0.1) is 0 Å². The average Bonchev–Trinajstić information content (AvgIpc) is 2.87. The SMILES string of the molecule is Clc1cc(CNC2C3C4CCC(C4)C23)cc2c1OCO2. The van der Waals surface area contributed by atoms with Gasteiger partial charge in [-0.05, 0) is 60.6 Å². The second-order valence-corrected chi connectivity index (χ2v) is 7.11. The molecule has 0 aromatic heterocycles. The number of fused-ring (bicyclic) bond motifs is 6. The molecule has 4 heteroatoms. The van der Waals surface area contributed by atoms with E-state index in [0.29, 0.717) is 10.8 Å². The molecule has 3 nitrogen and oxygen atoms in total. The molecule has 3 aliphatic carbocycles. The molecule has 1 N–H and O–H groups in total. The van der Waals surface area contributed by atoms with Crippen LogP contribution < -0.4 is 14.8 Å². The summed E-state index contributed by atoms with van der Waals surface area (Å²) in [6.45, 7) is 1.16. The van der Waals surface area contributed by atoms with Crippen LogP contribution in [0.1, 0.15) is 24.8 Å². The number of nitrogens with one attached hydrogen (secondary N) is 1. The van der Waals surface area contributed by atoms with Gasteiger partial charge >= 0.3 is 0 Å². The Morgan fingerprint density at radius 3 is 2.75 bits per heavy atom. The molecular weight excluding hydrogens is 274 g/mol. The van der Waals surface area contributed by atoms with Crippen LogP contribution in [-0.4, -0.2) is 12.8 Å². The molecule has 106 valence electrons. The Kier molecular flexibility index (Phi) is 2.37. The van der Waals surface area contributed by atoms with E-state index < -0.39 is 0 Å². The number of ether oxygens (including phenoxy) is 2. The van der Waals surface area contributed by atoms with E-state index in [9.17, 15) is 0 Å². The van der Waals surface area contributed by atoms with E-state index in [1.54, 1.807) is 0 Å². The lowest BCUT2D eigenvalue weighted by molar-refractivity contribution is 0.174. The summed E-state index contributed by atoms with van der Waals surface area (Å²) in [5, 5.41) is 4.40. The molecule has 0 saturated heterocycles. The summed E-state index contributed by atoms with van der Waals surface area (Å²) >= 11 is 6.23. The van der Waals surface area contributed by atoms with Gasteiger partial charge in [-0.1, -0.05) is 11.6 Å². The molecule has 1 aromatic rings. The van der Waals surface area contributed by atoms with Crippen molar-refractivity contribution in [2.24, 2.45) is 23.7 Å². The Balaban J connectivity index is 1.28. The number of rotatable bonds is 3. The quantitative estimate of drug-likeness (QED) is 0.928. The van der Waals surface area contributed by atoms with Gasteiger partial charge in [-0.3, -0.25) is 0 Å². The lowest BCUT2D eigenvalue weighted by Crippen LogP contribution is -2.22. The van der Waals surface area contributed by atoms with Crippen LogP contribution in [0.4, 0.5) is 0 Å². The smallest absolute Gasteiger partial charge is 0.231 e. The van der Waals surface area contributed by atoms with Crippen molar-refractivity contribution >= 4 is 11.6 Å². The first-order valence-corrected chi connectivity index (χ1v) is 8.00. The van der Waals surface area contributed by atoms with Gasteiger partial charge in [0, 0.05) is 12.6 Å². The molecule has 4 aliphatic rings. The van der Waals surface area contributed by atoms with Crippen molar-refractivity contribution in [1.82, 2.24) is 5.32 Å². The summed E-state index contributed by atoms with van der Waals surface area (Å²) < 4.78 is 10.8. The van der Waals surface area contributed by atoms with Gasteiger partial charge in [-0.25, -0.2) is 0 Å². The topological polar surface area (TPSA) is 30.5 Å². The number of halogens is 1. The Hall–Kier alpha value is -0.930. The van der Waals surface area contributed by atoms with Crippen molar-refractivity contribution in [3.8, 4) is 11.5 Å². The Bertz CT molecular complexity index is 560. The second kappa shape index (κ2) is 4.05. The lowest BCUT2D eigenvalue weighted by atomic mass is 10.0. The molecule has 20 heavy (non-hydrogen) atoms. The molecule has 4 atom stereocenters. The maximum atomic E-state index is 6.23. The highest BCUT2D eigenvalue weighted by atomic mass is 35.5. The fraction of sp³-hybridized carbons (Fsp3) is 0.625. The summed E-state index contributed by atoms with van der Waals surface area (Å²) in [5.41, 5.74) is 1.19. The van der Waals surface area contributed by atoms with E-state index in [2.05, 4.69) is 5.32 Å². The standard InChI is InChI=1S/C16H18ClNO2/c17-11-3-8(4-12-16(11)20-7-19-12)6-18-15-13-9-1-2-10(5-9)14(13)15/h3-4,9-10,13-15,18H,1-2,5-7H2. The van der Waals surface area contributed by atoms with Gasteiger partial charge in [-0.2, -0.15) is 0 Å². The van der Waals surface area contributed by atoms with Crippen LogP contribution >= 0.6 is 11.6 Å². The summed E-state index contributed by atoms with van der Waals surface area (Å²) in [4.78, 5) is 0. The minimum atomic E-state index is 0.280. The van der Waals surface area contributed by atoms with Crippen LogP contribution in [0.25, 0.3) is 0 Å². The zero-order chi connectivity index (χ0) is 13.3. The minimum Gasteiger partial charge on any atom is -0.454 e. The van der Waals surface area contributed by atoms with Crippen molar-refractivity contribution in [3.05, 3.63) is 22.7 Å². The largest absolute Gasteiger partial charge is 0.454 e. The average molecular weight is 292 g/mol. The van der Waals surface area contributed by atoms with Crippen LogP contribution in [0.5, 0.6) is 11.5 Å². The van der Waals surface area contributed by atoms with Gasteiger partial charge in [0.1, 0.15) is 0 Å². The first kappa shape index (κ1) is 11.7. The van der Waals surface area contributed by atoms with Gasteiger partial charge < -0.3 is 14.8 Å². The van der Waals surface area contributed by atoms with Gasteiger partial charge in [0.05, 0.1) is 5.02 Å². The Labute approximate surface area is 123 Å². The molecular formula is C16H18ClNO2. The van der Waals surface area contributed by atoms with Gasteiger partial charge in [0.15, 0.2) is 11.5 Å². The molecule has 5 rings (SSSR count). The predicted octanol–water partition coefficient (Wildman–Crippen LogP) is 3.20. The third-order valence-corrected chi connectivity index (χ3v) is 6.04. The Morgan fingerprint density at radius 2 is 1.95 bits per heavy atom. The monoisotopic (exact) mass is 291 g/mol. The number of hydrogen-bond acceptors (Lipinski definition) is 3. The predicted molar refractivity (Wildman–Crippen MR) is 76.0 cm³/mol. The maximum Gasteiger partial charge on any atom is 0.231 e. The van der Waals surface area contributed by atoms with Crippen molar-refractivity contribution in [2.45, 2.75) is 31.8 Å². The van der Waals surface area contributed by atoms with Gasteiger partial charge in [0.2, 0.25) is 6.79 Å². The van der Waals surface area contributed by atoms with Crippen LogP contribution in [0.15, 0.2) is 12.1 Å². The highest BCUT2D eigenvalue weighted by Gasteiger charge is 2.64. The maximum absolute atomic E-state index is 6.23. The van der Waals surface area contributed by atoms with Crippen molar-refractivity contribution in [1.29, 1.82) is 0 Å². The van der Waals surface area contributed by atoms with Crippen LogP contribution in [0.3, 0.4) is 0 Å². The number of hydrogen-bond donors (Lipinski definition) is 1. The molecule has 3 saturated carbocycles. The summed E-state index contributed by atoms with van der Waals surface area (Å²) in [5.74, 6) is 5.45. The van der Waals surface area contributed by atoms with E-state index in [1.165, 1.54) is 24.8 Å². The fourth-order valence-electron chi connectivity index (χ4n) is 4.96. The van der Waals surface area contributed by atoms with E-state index in [-0.39, 0.29) is 6.79 Å². The van der Waals surface area contributed by atoms with E-state index in [0.717, 1.165) is 42.0 Å². The Morgan fingerprint density at radius 1 is 1.15 bits per heavy atom. The number of benzene rings is 1. The summed E-state index contributed by atoms with van der Waals surface area (Å²) in [6.07, 6.45) is 4.45. The molecule has 1 aliphatic heterocycles. The first-order valence-electron chi connectivity index (χ1n) is 7.62. The fourth-order valence-corrected chi connectivity index (χ4v) is 5.24. The molecule has 1 heterocycles. The third kappa shape index (κ3) is 1.57. The molecule has 0 amide bonds. The van der Waals surface area contributed by atoms with Gasteiger partial charge in [0.25, 0.3) is 0 Å². The minimum absolute atomic E-state index is 0.280. The second-order valence-electron chi connectivity index (χ2n) is 6.71. The molecule has 0 radical (unpaired) electrons. The molecule has 4 unspecified atom stereocenters.